The molecule has 0 aliphatic heterocycles. The van der Waals surface area contributed by atoms with E-state index in [-0.39, 0.29) is 22.8 Å². The van der Waals surface area contributed by atoms with Crippen LogP contribution in [0, 0.1) is 10.1 Å². The van der Waals surface area contributed by atoms with Crippen LogP contribution in [-0.2, 0) is 0 Å². The van der Waals surface area contributed by atoms with E-state index in [1.165, 1.54) is 25.3 Å². The molecule has 0 fully saturated rings. The topological polar surface area (TPSA) is 69.4 Å². The minimum Gasteiger partial charge on any atom is -0.490 e. The highest BCUT2D eigenvalue weighted by molar-refractivity contribution is 6.09. The molecule has 124 valence electrons. The molecule has 25 heavy (non-hydrogen) atoms. The normalized spacial score (nSPS) is 10.3. The molecule has 0 aromatic heterocycles. The first-order valence-electron chi connectivity index (χ1n) is 7.63. The van der Waals surface area contributed by atoms with Crippen molar-refractivity contribution in [3.05, 3.63) is 94.0 Å². The number of ether oxygens (including phenoxy) is 1. The van der Waals surface area contributed by atoms with Gasteiger partial charge in [-0.25, -0.2) is 0 Å². The second-order valence-electron chi connectivity index (χ2n) is 5.42. The molecule has 0 radical (unpaired) electrons. The molecule has 0 N–H and O–H groups in total. The van der Waals surface area contributed by atoms with Gasteiger partial charge in [-0.3, -0.25) is 14.9 Å². The van der Waals surface area contributed by atoms with Gasteiger partial charge in [-0.15, -0.1) is 0 Å². The number of carbonyl (C=O) groups excluding carboxylic acids is 1. The second kappa shape index (κ2) is 6.97. The van der Waals surface area contributed by atoms with Crippen LogP contribution >= 0.6 is 0 Å². The lowest BCUT2D eigenvalue weighted by Gasteiger charge is -2.06. The van der Waals surface area contributed by atoms with E-state index in [0.717, 1.165) is 11.1 Å². The Morgan fingerprint density at radius 1 is 0.880 bits per heavy atom. The van der Waals surface area contributed by atoms with Crippen molar-refractivity contribution in [1.29, 1.82) is 0 Å². The minimum absolute atomic E-state index is 0.126. The number of nitro groups is 1. The highest BCUT2D eigenvalue weighted by Gasteiger charge is 2.19. The SMILES string of the molecule is COc1ccc(C(=O)c2ccc(-c3ccccc3)cc2)cc1[N+](=O)[O-]. The summed E-state index contributed by atoms with van der Waals surface area (Å²) < 4.78 is 4.96. The number of rotatable bonds is 5. The Balaban J connectivity index is 1.91. The highest BCUT2D eigenvalue weighted by atomic mass is 16.6. The first-order valence-corrected chi connectivity index (χ1v) is 7.63. The van der Waals surface area contributed by atoms with E-state index in [2.05, 4.69) is 0 Å². The Morgan fingerprint density at radius 3 is 2.08 bits per heavy atom. The van der Waals surface area contributed by atoms with Gasteiger partial charge in [-0.2, -0.15) is 0 Å². The molecular weight excluding hydrogens is 318 g/mol. The molecule has 0 aliphatic carbocycles. The fourth-order valence-electron chi connectivity index (χ4n) is 2.59. The Hall–Kier alpha value is -3.47. The molecule has 5 nitrogen and oxygen atoms in total. The molecule has 0 heterocycles. The fraction of sp³-hybridized carbons (Fsp3) is 0.0500. The standard InChI is InChI=1S/C20H15NO4/c1-25-19-12-11-17(13-18(19)21(23)24)20(22)16-9-7-15(8-10-16)14-5-3-2-4-6-14/h2-13H,1H3. The van der Waals surface area contributed by atoms with Crippen molar-refractivity contribution in [2.24, 2.45) is 0 Å². The molecule has 0 saturated carbocycles. The van der Waals surface area contributed by atoms with Gasteiger partial charge in [0.1, 0.15) is 0 Å². The van der Waals surface area contributed by atoms with Gasteiger partial charge in [0.15, 0.2) is 11.5 Å². The van der Waals surface area contributed by atoms with Crippen molar-refractivity contribution in [3.8, 4) is 16.9 Å². The van der Waals surface area contributed by atoms with Gasteiger partial charge < -0.3 is 4.74 Å². The molecule has 0 amide bonds. The monoisotopic (exact) mass is 333 g/mol. The zero-order chi connectivity index (χ0) is 17.8. The van der Waals surface area contributed by atoms with E-state index in [9.17, 15) is 14.9 Å². The van der Waals surface area contributed by atoms with Crippen LogP contribution in [0.2, 0.25) is 0 Å². The smallest absolute Gasteiger partial charge is 0.311 e. The van der Waals surface area contributed by atoms with Crippen LogP contribution in [0.3, 0.4) is 0 Å². The van der Waals surface area contributed by atoms with E-state index < -0.39 is 4.92 Å². The third-order valence-electron chi connectivity index (χ3n) is 3.89. The maximum absolute atomic E-state index is 12.6. The molecule has 3 aromatic rings. The van der Waals surface area contributed by atoms with Crippen LogP contribution in [0.15, 0.2) is 72.8 Å². The molecule has 0 atom stereocenters. The predicted octanol–water partition coefficient (Wildman–Crippen LogP) is 4.50. The fourth-order valence-corrected chi connectivity index (χ4v) is 2.59. The number of benzene rings is 3. The van der Waals surface area contributed by atoms with Gasteiger partial charge in [-0.1, -0.05) is 54.6 Å². The second-order valence-corrected chi connectivity index (χ2v) is 5.42. The number of hydrogen-bond acceptors (Lipinski definition) is 4. The predicted molar refractivity (Wildman–Crippen MR) is 95.0 cm³/mol. The van der Waals surface area contributed by atoms with Crippen LogP contribution in [0.25, 0.3) is 11.1 Å². The minimum atomic E-state index is -0.561. The van der Waals surface area contributed by atoms with Crippen LogP contribution in [0.4, 0.5) is 5.69 Å². The summed E-state index contributed by atoms with van der Waals surface area (Å²) in [5, 5.41) is 11.1. The van der Waals surface area contributed by atoms with E-state index in [1.54, 1.807) is 12.1 Å². The highest BCUT2D eigenvalue weighted by Crippen LogP contribution is 2.29. The Morgan fingerprint density at radius 2 is 1.48 bits per heavy atom. The maximum atomic E-state index is 12.6. The Labute approximate surface area is 144 Å². The van der Waals surface area contributed by atoms with E-state index in [1.807, 2.05) is 42.5 Å². The van der Waals surface area contributed by atoms with Crippen LogP contribution < -0.4 is 4.74 Å². The summed E-state index contributed by atoms with van der Waals surface area (Å²) in [4.78, 5) is 23.2. The van der Waals surface area contributed by atoms with Crippen molar-refractivity contribution in [2.75, 3.05) is 7.11 Å². The molecular formula is C20H15NO4. The molecule has 5 heteroatoms. The molecule has 0 bridgehead atoms. The van der Waals surface area contributed by atoms with Gasteiger partial charge in [-0.05, 0) is 23.3 Å². The maximum Gasteiger partial charge on any atom is 0.311 e. The van der Waals surface area contributed by atoms with Gasteiger partial charge in [0.2, 0.25) is 0 Å². The molecule has 3 rings (SSSR count). The van der Waals surface area contributed by atoms with Crippen molar-refractivity contribution in [1.82, 2.24) is 0 Å². The third-order valence-corrected chi connectivity index (χ3v) is 3.89. The zero-order valence-corrected chi connectivity index (χ0v) is 13.5. The van der Waals surface area contributed by atoms with Crippen LogP contribution in [0.5, 0.6) is 5.75 Å². The molecule has 0 saturated heterocycles. The van der Waals surface area contributed by atoms with Crippen molar-refractivity contribution < 1.29 is 14.5 Å². The lowest BCUT2D eigenvalue weighted by Crippen LogP contribution is -2.03. The van der Waals surface area contributed by atoms with Gasteiger partial charge in [0, 0.05) is 17.2 Å². The summed E-state index contributed by atoms with van der Waals surface area (Å²) in [7, 11) is 1.35. The van der Waals surface area contributed by atoms with Gasteiger partial charge >= 0.3 is 5.69 Å². The number of ketones is 1. The number of methoxy groups -OCH3 is 1. The average Bonchev–Trinajstić information content (AvgIpc) is 2.67. The lowest BCUT2D eigenvalue weighted by atomic mass is 9.99. The zero-order valence-electron chi connectivity index (χ0n) is 13.5. The number of hydrogen-bond donors (Lipinski definition) is 0. The number of nitrogens with zero attached hydrogens (tertiary/aromatic N) is 1. The lowest BCUT2D eigenvalue weighted by molar-refractivity contribution is -0.385. The quantitative estimate of drug-likeness (QED) is 0.391. The van der Waals surface area contributed by atoms with E-state index in [4.69, 9.17) is 4.74 Å². The summed E-state index contributed by atoms with van der Waals surface area (Å²) in [6.45, 7) is 0. The summed E-state index contributed by atoms with van der Waals surface area (Å²) >= 11 is 0. The number of carbonyl (C=O) groups is 1. The Kier molecular flexibility index (Phi) is 4.57. The first-order chi connectivity index (χ1) is 12.1. The molecule has 0 spiro atoms. The van der Waals surface area contributed by atoms with Crippen LogP contribution in [0.1, 0.15) is 15.9 Å². The largest absolute Gasteiger partial charge is 0.490 e. The first kappa shape index (κ1) is 16.4. The van der Waals surface area contributed by atoms with Crippen molar-refractivity contribution in [3.63, 3.8) is 0 Å². The van der Waals surface area contributed by atoms with E-state index >= 15 is 0 Å². The third kappa shape index (κ3) is 3.40. The van der Waals surface area contributed by atoms with Crippen LogP contribution in [-0.4, -0.2) is 17.8 Å². The molecule has 0 unspecified atom stereocenters. The average molecular weight is 333 g/mol. The van der Waals surface area contributed by atoms with Gasteiger partial charge in [0.25, 0.3) is 0 Å². The molecule has 3 aromatic carbocycles. The summed E-state index contributed by atoms with van der Waals surface area (Å²) in [6.07, 6.45) is 0. The molecule has 0 aliphatic rings. The summed E-state index contributed by atoms with van der Waals surface area (Å²) in [5.74, 6) is -0.147. The van der Waals surface area contributed by atoms with Crippen molar-refractivity contribution >= 4 is 11.5 Å². The van der Waals surface area contributed by atoms with Gasteiger partial charge in [0.05, 0.1) is 12.0 Å². The Bertz CT molecular complexity index is 918. The van der Waals surface area contributed by atoms with Crippen molar-refractivity contribution in [2.45, 2.75) is 0 Å². The number of nitro benzene ring substituents is 1. The van der Waals surface area contributed by atoms with E-state index in [0.29, 0.717) is 5.56 Å². The summed E-state index contributed by atoms with van der Waals surface area (Å²) in [6, 6.07) is 21.2. The summed E-state index contributed by atoms with van der Waals surface area (Å²) in [5.41, 5.74) is 2.55.